The van der Waals surface area contributed by atoms with E-state index in [1.165, 1.54) is 4.90 Å². The first-order valence-corrected chi connectivity index (χ1v) is 10.0. The Kier molecular flexibility index (Phi) is 5.70. The molecule has 2 N–H and O–H groups in total. The summed E-state index contributed by atoms with van der Waals surface area (Å²) in [6.07, 6.45) is 0.412. The summed E-state index contributed by atoms with van der Waals surface area (Å²) in [4.78, 5) is 4.53. The first-order valence-electron chi connectivity index (χ1n) is 10.0. The molecule has 165 valence electrons. The predicted molar refractivity (Wildman–Crippen MR) is 109 cm³/mol. The fourth-order valence-electron chi connectivity index (χ4n) is 4.40. The Labute approximate surface area is 177 Å². The zero-order chi connectivity index (χ0) is 22.3. The van der Waals surface area contributed by atoms with Crippen molar-refractivity contribution in [3.63, 3.8) is 0 Å². The van der Waals surface area contributed by atoms with Gasteiger partial charge in [-0.3, -0.25) is 4.90 Å². The molecule has 2 aromatic carbocycles. The molecule has 31 heavy (non-hydrogen) atoms. The summed E-state index contributed by atoms with van der Waals surface area (Å²) in [6, 6.07) is 7.99. The second kappa shape index (κ2) is 8.16. The molecule has 2 heterocycles. The first-order chi connectivity index (χ1) is 14.8. The summed E-state index contributed by atoms with van der Waals surface area (Å²) in [5, 5.41) is 10.0. The van der Waals surface area contributed by atoms with E-state index in [-0.39, 0.29) is 17.9 Å². The van der Waals surface area contributed by atoms with Gasteiger partial charge in [-0.15, -0.1) is 0 Å². The van der Waals surface area contributed by atoms with Gasteiger partial charge in [-0.25, -0.2) is 17.6 Å². The van der Waals surface area contributed by atoms with Crippen LogP contribution in [0.15, 0.2) is 36.4 Å². The van der Waals surface area contributed by atoms with Gasteiger partial charge in [0.05, 0.1) is 24.8 Å². The number of aromatic amines is 1. The second-order valence-corrected chi connectivity index (χ2v) is 7.83. The van der Waals surface area contributed by atoms with Gasteiger partial charge in [0, 0.05) is 22.6 Å². The third-order valence-electron chi connectivity index (χ3n) is 5.78. The third kappa shape index (κ3) is 3.78. The van der Waals surface area contributed by atoms with Crippen molar-refractivity contribution in [3.8, 4) is 5.75 Å². The molecule has 0 amide bonds. The normalized spacial score (nSPS) is 19.6. The molecule has 0 aliphatic carbocycles. The van der Waals surface area contributed by atoms with Gasteiger partial charge in [-0.2, -0.15) is 0 Å². The van der Waals surface area contributed by atoms with Gasteiger partial charge >= 0.3 is 0 Å². The molecular formula is C23H23F4N2O2. The predicted octanol–water partition coefficient (Wildman–Crippen LogP) is 4.62. The highest BCUT2D eigenvalue weighted by molar-refractivity contribution is 5.85. The van der Waals surface area contributed by atoms with Crippen molar-refractivity contribution in [2.45, 2.75) is 31.4 Å². The van der Waals surface area contributed by atoms with E-state index in [0.717, 1.165) is 28.6 Å². The van der Waals surface area contributed by atoms with Gasteiger partial charge in [0.1, 0.15) is 12.4 Å². The van der Waals surface area contributed by atoms with E-state index in [1.54, 1.807) is 6.92 Å². The van der Waals surface area contributed by atoms with E-state index in [4.69, 9.17) is 9.84 Å². The van der Waals surface area contributed by atoms with E-state index in [1.807, 2.05) is 24.3 Å². The van der Waals surface area contributed by atoms with E-state index in [0.29, 0.717) is 12.1 Å². The molecule has 4 rings (SSSR count). The number of rotatable bonds is 6. The molecule has 1 aromatic heterocycles. The largest absolute Gasteiger partial charge is 0.491 e. The monoisotopic (exact) mass is 435 g/mol. The molecule has 0 saturated carbocycles. The number of hydrogen-bond acceptors (Lipinski definition) is 3. The summed E-state index contributed by atoms with van der Waals surface area (Å²) in [5.41, 5.74) is 1.67. The molecule has 0 spiro atoms. The summed E-state index contributed by atoms with van der Waals surface area (Å²) in [6.45, 7) is 2.95. The molecular weight excluding hydrogens is 412 g/mol. The quantitative estimate of drug-likeness (QED) is 0.556. The maximum absolute atomic E-state index is 15.4. The van der Waals surface area contributed by atoms with Crippen molar-refractivity contribution in [1.29, 1.82) is 0 Å². The lowest BCUT2D eigenvalue weighted by atomic mass is 9.87. The molecule has 2 atom stereocenters. The summed E-state index contributed by atoms with van der Waals surface area (Å²) >= 11 is 0. The van der Waals surface area contributed by atoms with Crippen LogP contribution in [0.4, 0.5) is 17.6 Å². The van der Waals surface area contributed by atoms with Gasteiger partial charge < -0.3 is 14.8 Å². The van der Waals surface area contributed by atoms with Gasteiger partial charge in [0.2, 0.25) is 0 Å². The topological polar surface area (TPSA) is 48.5 Å². The van der Waals surface area contributed by atoms with Crippen molar-refractivity contribution >= 4 is 10.9 Å². The smallest absolute Gasteiger partial charge is 0.283 e. The van der Waals surface area contributed by atoms with E-state index in [2.05, 4.69) is 11.9 Å². The standard InChI is InChI=1S/C23H23F4N2O2/c1-3-31-18-9-8-16(24)19(20(18)25)22-21-15(14-6-4-5-7-17(14)28-21)10-13(2)29(22)11-23(26,27)12-30/h4-9,13,22,28,30H,1,3,10-12H2,2H3/t13-,22-/m1/s1. The number of aliphatic hydroxyl groups excluding tert-OH is 1. The highest BCUT2D eigenvalue weighted by Gasteiger charge is 2.43. The molecule has 3 aromatic rings. The number of nitrogens with one attached hydrogen (secondary N) is 1. The lowest BCUT2D eigenvalue weighted by Gasteiger charge is -2.42. The molecule has 0 bridgehead atoms. The average molecular weight is 435 g/mol. The SMILES string of the molecule is [CH2]COc1ccc(F)c([C@@H]2c3[nH]c4ccccc4c3C[C@@H](C)N2CC(F)(F)CO)c1F. The second-order valence-electron chi connectivity index (χ2n) is 7.83. The van der Waals surface area contributed by atoms with Crippen molar-refractivity contribution in [1.82, 2.24) is 9.88 Å². The Morgan fingerprint density at radius 1 is 1.23 bits per heavy atom. The summed E-state index contributed by atoms with van der Waals surface area (Å²) < 4.78 is 64.1. The minimum Gasteiger partial charge on any atom is -0.491 e. The molecule has 1 radical (unpaired) electrons. The Morgan fingerprint density at radius 2 is 1.97 bits per heavy atom. The van der Waals surface area contributed by atoms with Crippen molar-refractivity contribution < 1.29 is 27.4 Å². The molecule has 4 nitrogen and oxygen atoms in total. The number of ether oxygens (including phenoxy) is 1. The van der Waals surface area contributed by atoms with Crippen LogP contribution in [0.2, 0.25) is 0 Å². The molecule has 1 aliphatic heterocycles. The number of hydrogen-bond donors (Lipinski definition) is 2. The van der Waals surface area contributed by atoms with E-state index < -0.39 is 42.8 Å². The zero-order valence-electron chi connectivity index (χ0n) is 17.0. The van der Waals surface area contributed by atoms with Crippen LogP contribution in [0.5, 0.6) is 5.75 Å². The Morgan fingerprint density at radius 3 is 2.68 bits per heavy atom. The lowest BCUT2D eigenvalue weighted by Crippen LogP contribution is -2.49. The number of H-pyrrole nitrogens is 1. The number of aromatic nitrogens is 1. The van der Waals surface area contributed by atoms with Crippen LogP contribution in [-0.2, 0) is 6.42 Å². The van der Waals surface area contributed by atoms with Crippen LogP contribution >= 0.6 is 0 Å². The third-order valence-corrected chi connectivity index (χ3v) is 5.78. The maximum Gasteiger partial charge on any atom is 0.283 e. The van der Waals surface area contributed by atoms with Crippen molar-refractivity contribution in [3.05, 3.63) is 71.8 Å². The maximum atomic E-state index is 15.4. The molecule has 8 heteroatoms. The van der Waals surface area contributed by atoms with Crippen LogP contribution < -0.4 is 4.74 Å². The minimum absolute atomic E-state index is 0.0764. The minimum atomic E-state index is -3.44. The van der Waals surface area contributed by atoms with Gasteiger partial charge in [0.15, 0.2) is 11.6 Å². The number of aliphatic hydroxyl groups is 1. The van der Waals surface area contributed by atoms with Gasteiger partial charge in [-0.1, -0.05) is 18.2 Å². The Balaban J connectivity index is 1.96. The van der Waals surface area contributed by atoms with Crippen LogP contribution in [0, 0.1) is 18.6 Å². The van der Waals surface area contributed by atoms with E-state index in [9.17, 15) is 8.78 Å². The molecule has 0 unspecified atom stereocenters. The Hall–Kier alpha value is -2.58. The van der Waals surface area contributed by atoms with E-state index >= 15 is 8.78 Å². The fraction of sp³-hybridized carbons (Fsp3) is 0.348. The molecule has 1 aliphatic rings. The number of nitrogens with zero attached hydrogens (tertiary/aromatic N) is 1. The zero-order valence-corrected chi connectivity index (χ0v) is 17.0. The molecule has 0 fully saturated rings. The molecule has 0 saturated heterocycles. The van der Waals surface area contributed by atoms with Crippen molar-refractivity contribution in [2.75, 3.05) is 19.8 Å². The number of benzene rings is 2. The lowest BCUT2D eigenvalue weighted by molar-refractivity contribution is -0.0869. The van der Waals surface area contributed by atoms with Gasteiger partial charge in [0.25, 0.3) is 5.92 Å². The van der Waals surface area contributed by atoms with Crippen LogP contribution in [0.1, 0.15) is 29.8 Å². The summed E-state index contributed by atoms with van der Waals surface area (Å²) in [7, 11) is 0. The number of alkyl halides is 2. The van der Waals surface area contributed by atoms with Crippen LogP contribution in [-0.4, -0.2) is 46.7 Å². The number of fused-ring (bicyclic) bond motifs is 3. The highest BCUT2D eigenvalue weighted by atomic mass is 19.3. The number of halogens is 4. The fourth-order valence-corrected chi connectivity index (χ4v) is 4.40. The number of para-hydroxylation sites is 1. The van der Waals surface area contributed by atoms with Gasteiger partial charge in [-0.05, 0) is 44.0 Å². The highest BCUT2D eigenvalue weighted by Crippen LogP contribution is 2.44. The van der Waals surface area contributed by atoms with Crippen molar-refractivity contribution in [2.24, 2.45) is 0 Å². The van der Waals surface area contributed by atoms with Crippen LogP contribution in [0.25, 0.3) is 10.9 Å². The summed E-state index contributed by atoms with van der Waals surface area (Å²) in [5.74, 6) is -5.46. The average Bonchev–Trinajstić information content (AvgIpc) is 3.10. The first kappa shape index (κ1) is 21.6. The Bertz CT molecular complexity index is 1100. The van der Waals surface area contributed by atoms with Crippen LogP contribution in [0.3, 0.4) is 0 Å².